The van der Waals surface area contributed by atoms with E-state index >= 15 is 0 Å². The van der Waals surface area contributed by atoms with E-state index in [1.807, 2.05) is 42.7 Å². The fraction of sp³-hybridized carbons (Fsp3) is 0.294. The topological polar surface area (TPSA) is 32.3 Å². The van der Waals surface area contributed by atoms with Gasteiger partial charge >= 0.3 is 0 Å². The average molecular weight is 305 g/mol. The minimum atomic E-state index is -0.475. The van der Waals surface area contributed by atoms with E-state index in [1.54, 1.807) is 6.07 Å². The van der Waals surface area contributed by atoms with E-state index in [-0.39, 0.29) is 5.82 Å². The highest BCUT2D eigenvalue weighted by molar-refractivity contribution is 7.98. The highest BCUT2D eigenvalue weighted by Crippen LogP contribution is 2.22. The third kappa shape index (κ3) is 4.84. The maximum atomic E-state index is 13.8. The lowest BCUT2D eigenvalue weighted by Gasteiger charge is -2.14. The number of nitrogens with one attached hydrogen (secondary N) is 1. The zero-order chi connectivity index (χ0) is 15.1. The van der Waals surface area contributed by atoms with Gasteiger partial charge in [0.25, 0.3) is 0 Å². The molecule has 0 radical (unpaired) electrons. The molecule has 0 amide bonds. The molecule has 0 aliphatic heterocycles. The zero-order valence-corrected chi connectivity index (χ0v) is 12.9. The van der Waals surface area contributed by atoms with Crippen molar-refractivity contribution in [3.05, 3.63) is 65.5 Å². The molecule has 0 aliphatic rings. The Morgan fingerprint density at radius 3 is 2.62 bits per heavy atom. The molecule has 4 heteroatoms. The molecule has 112 valence electrons. The maximum absolute atomic E-state index is 13.8. The normalized spacial score (nSPS) is 12.3. The van der Waals surface area contributed by atoms with Crippen LogP contribution in [-0.2, 0) is 13.0 Å². The number of halogens is 1. The molecule has 1 unspecified atom stereocenters. The molecule has 0 aliphatic carbocycles. The standard InChI is InChI=1S/C17H20FNOS/c1-21-17-9-5-8-16(18)15(17)12-19-11-14(20)10-13-6-3-2-4-7-13/h2-9,14,19-20H,10-12H2,1H3. The first kappa shape index (κ1) is 16.0. The number of hydrogen-bond donors (Lipinski definition) is 2. The second-order valence-electron chi connectivity index (χ2n) is 4.90. The fourth-order valence-electron chi connectivity index (χ4n) is 2.22. The first-order valence-electron chi connectivity index (χ1n) is 6.94. The summed E-state index contributed by atoms with van der Waals surface area (Å²) in [6, 6.07) is 14.9. The molecule has 0 bridgehead atoms. The Morgan fingerprint density at radius 1 is 1.14 bits per heavy atom. The molecule has 0 aromatic heterocycles. The Labute approximate surface area is 129 Å². The average Bonchev–Trinajstić information content (AvgIpc) is 2.49. The van der Waals surface area contributed by atoms with Crippen molar-refractivity contribution in [3.8, 4) is 0 Å². The van der Waals surface area contributed by atoms with Gasteiger partial charge in [0.2, 0.25) is 0 Å². The molecule has 2 N–H and O–H groups in total. The molecule has 21 heavy (non-hydrogen) atoms. The molecule has 0 heterocycles. The molecule has 2 nitrogen and oxygen atoms in total. The van der Waals surface area contributed by atoms with Gasteiger partial charge < -0.3 is 10.4 Å². The molecule has 2 rings (SSSR count). The molecule has 0 saturated heterocycles. The Balaban J connectivity index is 1.84. The van der Waals surface area contributed by atoms with Crippen molar-refractivity contribution in [2.45, 2.75) is 24.0 Å². The van der Waals surface area contributed by atoms with E-state index in [9.17, 15) is 9.50 Å². The Hall–Kier alpha value is -1.36. The second kappa shape index (κ2) is 8.17. The van der Waals surface area contributed by atoms with Crippen LogP contribution in [0.2, 0.25) is 0 Å². The van der Waals surface area contributed by atoms with Crippen molar-refractivity contribution in [2.24, 2.45) is 0 Å². The SMILES string of the molecule is CSc1cccc(F)c1CNCC(O)Cc1ccccc1. The predicted molar refractivity (Wildman–Crippen MR) is 86.0 cm³/mol. The molecule has 0 saturated carbocycles. The van der Waals surface area contributed by atoms with Gasteiger partial charge in [0.1, 0.15) is 5.82 Å². The van der Waals surface area contributed by atoms with Crippen LogP contribution in [0.25, 0.3) is 0 Å². The number of thioether (sulfide) groups is 1. The van der Waals surface area contributed by atoms with Crippen LogP contribution in [0.15, 0.2) is 53.4 Å². The number of aliphatic hydroxyl groups is 1. The molecule has 0 spiro atoms. The summed E-state index contributed by atoms with van der Waals surface area (Å²) < 4.78 is 13.8. The minimum Gasteiger partial charge on any atom is -0.391 e. The van der Waals surface area contributed by atoms with Gasteiger partial charge in [0.05, 0.1) is 6.10 Å². The number of hydrogen-bond acceptors (Lipinski definition) is 3. The van der Waals surface area contributed by atoms with Crippen molar-refractivity contribution in [3.63, 3.8) is 0 Å². The van der Waals surface area contributed by atoms with Crippen LogP contribution in [0, 0.1) is 5.82 Å². The smallest absolute Gasteiger partial charge is 0.128 e. The van der Waals surface area contributed by atoms with Gasteiger partial charge in [-0.15, -0.1) is 11.8 Å². The predicted octanol–water partition coefficient (Wildman–Crippen LogP) is 3.24. The fourth-order valence-corrected chi connectivity index (χ4v) is 2.85. The largest absolute Gasteiger partial charge is 0.391 e. The lowest BCUT2D eigenvalue weighted by atomic mass is 10.1. The monoisotopic (exact) mass is 305 g/mol. The van der Waals surface area contributed by atoms with Gasteiger partial charge in [0, 0.05) is 23.5 Å². The third-order valence-electron chi connectivity index (χ3n) is 3.29. The summed E-state index contributed by atoms with van der Waals surface area (Å²) in [5.74, 6) is -0.202. The van der Waals surface area contributed by atoms with E-state index in [0.29, 0.717) is 25.1 Å². The number of aliphatic hydroxyl groups excluding tert-OH is 1. The van der Waals surface area contributed by atoms with Crippen LogP contribution in [0.3, 0.4) is 0 Å². The van der Waals surface area contributed by atoms with Crippen LogP contribution in [0.4, 0.5) is 4.39 Å². The van der Waals surface area contributed by atoms with E-state index in [4.69, 9.17) is 0 Å². The summed E-state index contributed by atoms with van der Waals surface area (Å²) in [6.45, 7) is 0.867. The van der Waals surface area contributed by atoms with Crippen molar-refractivity contribution >= 4 is 11.8 Å². The summed E-state index contributed by atoms with van der Waals surface area (Å²) >= 11 is 1.53. The molecule has 0 fully saturated rings. The van der Waals surface area contributed by atoms with Crippen LogP contribution < -0.4 is 5.32 Å². The summed E-state index contributed by atoms with van der Waals surface area (Å²) in [5.41, 5.74) is 1.76. The molecular formula is C17H20FNOS. The first-order chi connectivity index (χ1) is 10.2. The lowest BCUT2D eigenvalue weighted by molar-refractivity contribution is 0.171. The molecule has 1 atom stereocenters. The molecular weight excluding hydrogens is 285 g/mol. The lowest BCUT2D eigenvalue weighted by Crippen LogP contribution is -2.28. The van der Waals surface area contributed by atoms with E-state index in [1.165, 1.54) is 17.8 Å². The quantitative estimate of drug-likeness (QED) is 0.770. The highest BCUT2D eigenvalue weighted by atomic mass is 32.2. The Bertz CT molecular complexity index is 562. The summed E-state index contributed by atoms with van der Waals surface area (Å²) in [6.07, 6.45) is 2.06. The summed E-state index contributed by atoms with van der Waals surface area (Å²) in [4.78, 5) is 0.931. The highest BCUT2D eigenvalue weighted by Gasteiger charge is 2.09. The van der Waals surface area contributed by atoms with Gasteiger partial charge in [-0.2, -0.15) is 0 Å². The minimum absolute atomic E-state index is 0.202. The third-order valence-corrected chi connectivity index (χ3v) is 4.11. The van der Waals surface area contributed by atoms with Gasteiger partial charge in [-0.1, -0.05) is 36.4 Å². The number of rotatable bonds is 7. The van der Waals surface area contributed by atoms with Crippen LogP contribution in [0.5, 0.6) is 0 Å². The van der Waals surface area contributed by atoms with Crippen LogP contribution in [0.1, 0.15) is 11.1 Å². The zero-order valence-electron chi connectivity index (χ0n) is 12.1. The van der Waals surface area contributed by atoms with Crippen molar-refractivity contribution < 1.29 is 9.50 Å². The molecule has 2 aromatic carbocycles. The van der Waals surface area contributed by atoms with E-state index < -0.39 is 6.10 Å². The summed E-state index contributed by atoms with van der Waals surface area (Å²) in [5, 5.41) is 13.1. The van der Waals surface area contributed by atoms with Crippen molar-refractivity contribution in [1.29, 1.82) is 0 Å². The van der Waals surface area contributed by atoms with E-state index in [0.717, 1.165) is 10.5 Å². The first-order valence-corrected chi connectivity index (χ1v) is 8.17. The number of benzene rings is 2. The van der Waals surface area contributed by atoms with Gasteiger partial charge in [0.15, 0.2) is 0 Å². The van der Waals surface area contributed by atoms with Gasteiger partial charge in [-0.05, 0) is 30.4 Å². The second-order valence-corrected chi connectivity index (χ2v) is 5.74. The van der Waals surface area contributed by atoms with E-state index in [2.05, 4.69) is 5.32 Å². The maximum Gasteiger partial charge on any atom is 0.128 e. The van der Waals surface area contributed by atoms with Crippen LogP contribution >= 0.6 is 11.8 Å². The van der Waals surface area contributed by atoms with Gasteiger partial charge in [-0.3, -0.25) is 0 Å². The molecule has 2 aromatic rings. The van der Waals surface area contributed by atoms with Crippen LogP contribution in [-0.4, -0.2) is 24.0 Å². The van der Waals surface area contributed by atoms with Crippen molar-refractivity contribution in [2.75, 3.05) is 12.8 Å². The van der Waals surface area contributed by atoms with Gasteiger partial charge in [-0.25, -0.2) is 4.39 Å². The Kier molecular flexibility index (Phi) is 6.23. The Morgan fingerprint density at radius 2 is 1.90 bits per heavy atom. The van der Waals surface area contributed by atoms with Crippen molar-refractivity contribution in [1.82, 2.24) is 5.32 Å². The summed E-state index contributed by atoms with van der Waals surface area (Å²) in [7, 11) is 0.